The Morgan fingerprint density at radius 3 is 3.09 bits per heavy atom. The van der Waals surface area contributed by atoms with Crippen LogP contribution in [-0.4, -0.2) is 38.1 Å². The fourth-order valence-electron chi connectivity index (χ4n) is 3.23. The Labute approximate surface area is 135 Å². The Kier molecular flexibility index (Phi) is 5.12. The second-order valence-corrected chi connectivity index (χ2v) is 6.09. The van der Waals surface area contributed by atoms with Crippen LogP contribution in [0.15, 0.2) is 41.5 Å². The van der Waals surface area contributed by atoms with Crippen LogP contribution >= 0.6 is 0 Å². The zero-order valence-electron chi connectivity index (χ0n) is 13.2. The second kappa shape index (κ2) is 7.46. The monoisotopic (exact) mass is 317 g/mol. The summed E-state index contributed by atoms with van der Waals surface area (Å²) in [5.74, 6) is 0.651. The van der Waals surface area contributed by atoms with Crippen molar-refractivity contribution >= 4 is 5.91 Å². The Bertz CT molecular complexity index is 595. The first-order valence-electron chi connectivity index (χ1n) is 8.20. The van der Waals surface area contributed by atoms with Gasteiger partial charge in [-0.3, -0.25) is 4.79 Å². The van der Waals surface area contributed by atoms with E-state index in [4.69, 9.17) is 4.42 Å². The highest BCUT2D eigenvalue weighted by Gasteiger charge is 2.28. The van der Waals surface area contributed by atoms with E-state index in [-0.39, 0.29) is 11.9 Å². The number of aliphatic hydroxyl groups is 1. The molecule has 3 rings (SSSR count). The van der Waals surface area contributed by atoms with Gasteiger partial charge in [-0.1, -0.05) is 12.8 Å². The van der Waals surface area contributed by atoms with Crippen LogP contribution in [0.2, 0.25) is 0 Å². The smallest absolute Gasteiger partial charge is 0.242 e. The number of hydrogen-bond donors (Lipinski definition) is 1. The third kappa shape index (κ3) is 4.01. The number of aliphatic hydroxyl groups excluding tert-OH is 1. The van der Waals surface area contributed by atoms with Gasteiger partial charge in [0.2, 0.25) is 5.91 Å². The molecule has 2 aromatic heterocycles. The Morgan fingerprint density at radius 2 is 2.35 bits per heavy atom. The van der Waals surface area contributed by atoms with Crippen molar-refractivity contribution in [3.05, 3.63) is 42.9 Å². The number of rotatable bonds is 5. The summed E-state index contributed by atoms with van der Waals surface area (Å²) >= 11 is 0. The number of likely N-dealkylation sites (tertiary alicyclic amines) is 1. The van der Waals surface area contributed by atoms with Crippen LogP contribution in [0.3, 0.4) is 0 Å². The highest BCUT2D eigenvalue weighted by molar-refractivity contribution is 5.76. The number of carbonyl (C=O) groups excluding carboxylic acids is 1. The summed E-state index contributed by atoms with van der Waals surface area (Å²) in [6.07, 6.45) is 10.7. The van der Waals surface area contributed by atoms with E-state index in [2.05, 4.69) is 4.98 Å². The van der Waals surface area contributed by atoms with E-state index in [1.807, 2.05) is 4.90 Å². The van der Waals surface area contributed by atoms with Gasteiger partial charge < -0.3 is 19.0 Å². The van der Waals surface area contributed by atoms with Crippen molar-refractivity contribution in [2.75, 3.05) is 6.54 Å². The fraction of sp³-hybridized carbons (Fsp3) is 0.529. The van der Waals surface area contributed by atoms with Crippen molar-refractivity contribution in [1.29, 1.82) is 0 Å². The van der Waals surface area contributed by atoms with Crippen molar-refractivity contribution < 1.29 is 14.3 Å². The molecule has 6 nitrogen and oxygen atoms in total. The summed E-state index contributed by atoms with van der Waals surface area (Å²) in [6.45, 7) is 1.05. The van der Waals surface area contributed by atoms with E-state index in [0.29, 0.717) is 18.7 Å². The number of aromatic nitrogens is 2. The summed E-state index contributed by atoms with van der Waals surface area (Å²) in [5.41, 5.74) is 0. The third-order valence-electron chi connectivity index (χ3n) is 4.44. The van der Waals surface area contributed by atoms with Crippen LogP contribution in [0.1, 0.15) is 44.0 Å². The van der Waals surface area contributed by atoms with Gasteiger partial charge in [-0.2, -0.15) is 0 Å². The molecular formula is C17H23N3O3. The lowest BCUT2D eigenvalue weighted by Crippen LogP contribution is -2.42. The number of amides is 1. The van der Waals surface area contributed by atoms with Gasteiger partial charge in [0.05, 0.1) is 12.6 Å². The van der Waals surface area contributed by atoms with Gasteiger partial charge in [-0.05, 0) is 25.0 Å². The zero-order chi connectivity index (χ0) is 16.1. The summed E-state index contributed by atoms with van der Waals surface area (Å²) in [6, 6.07) is 3.60. The lowest BCUT2D eigenvalue weighted by Gasteiger charge is -2.31. The Hall–Kier alpha value is -2.08. The van der Waals surface area contributed by atoms with Gasteiger partial charge in [0, 0.05) is 31.4 Å². The van der Waals surface area contributed by atoms with E-state index >= 15 is 0 Å². The third-order valence-corrected chi connectivity index (χ3v) is 4.44. The van der Waals surface area contributed by atoms with Crippen LogP contribution < -0.4 is 0 Å². The minimum Gasteiger partial charge on any atom is -0.467 e. The molecule has 0 saturated carbocycles. The first kappa shape index (κ1) is 15.8. The quantitative estimate of drug-likeness (QED) is 0.919. The molecule has 1 aliphatic heterocycles. The molecule has 2 atom stereocenters. The SMILES string of the molecule is O=C(Cn1ccnc1)N1CCCCC[C@H]1C[C@@H](O)c1ccco1. The van der Waals surface area contributed by atoms with Crippen molar-refractivity contribution in [2.45, 2.75) is 50.8 Å². The molecule has 1 amide bonds. The number of nitrogens with zero attached hydrogens (tertiary/aromatic N) is 3. The van der Waals surface area contributed by atoms with Gasteiger partial charge in [-0.15, -0.1) is 0 Å². The van der Waals surface area contributed by atoms with Crippen LogP contribution in [0.4, 0.5) is 0 Å². The van der Waals surface area contributed by atoms with Crippen LogP contribution in [0, 0.1) is 0 Å². The topological polar surface area (TPSA) is 71.5 Å². The predicted molar refractivity (Wildman–Crippen MR) is 84.5 cm³/mol. The molecule has 1 N–H and O–H groups in total. The molecule has 23 heavy (non-hydrogen) atoms. The van der Waals surface area contributed by atoms with E-state index < -0.39 is 6.10 Å². The summed E-state index contributed by atoms with van der Waals surface area (Å²) in [7, 11) is 0. The average molecular weight is 317 g/mol. The molecular weight excluding hydrogens is 294 g/mol. The lowest BCUT2D eigenvalue weighted by molar-refractivity contribution is -0.134. The van der Waals surface area contributed by atoms with Gasteiger partial charge in [-0.25, -0.2) is 4.98 Å². The molecule has 124 valence electrons. The lowest BCUT2D eigenvalue weighted by atomic mass is 10.0. The molecule has 3 heterocycles. The zero-order valence-corrected chi connectivity index (χ0v) is 13.2. The largest absolute Gasteiger partial charge is 0.467 e. The van der Waals surface area contributed by atoms with Crippen molar-refractivity contribution in [3.63, 3.8) is 0 Å². The number of imidazole rings is 1. The van der Waals surface area contributed by atoms with Gasteiger partial charge in [0.15, 0.2) is 0 Å². The molecule has 0 spiro atoms. The molecule has 0 bridgehead atoms. The van der Waals surface area contributed by atoms with Crippen LogP contribution in [0.5, 0.6) is 0 Å². The molecule has 6 heteroatoms. The normalized spacial score (nSPS) is 20.2. The summed E-state index contributed by atoms with van der Waals surface area (Å²) in [4.78, 5) is 18.6. The molecule has 0 radical (unpaired) electrons. The number of carbonyl (C=O) groups is 1. The maximum absolute atomic E-state index is 12.7. The van der Waals surface area contributed by atoms with Crippen molar-refractivity contribution in [2.24, 2.45) is 0 Å². The number of hydrogen-bond acceptors (Lipinski definition) is 4. The molecule has 1 fully saturated rings. The highest BCUT2D eigenvalue weighted by Crippen LogP contribution is 2.27. The van der Waals surface area contributed by atoms with Crippen molar-refractivity contribution in [3.8, 4) is 0 Å². The summed E-state index contributed by atoms with van der Waals surface area (Å²) in [5, 5.41) is 10.4. The van der Waals surface area contributed by atoms with E-state index in [0.717, 1.165) is 32.2 Å². The van der Waals surface area contributed by atoms with Crippen LogP contribution in [0.25, 0.3) is 0 Å². The Balaban J connectivity index is 1.68. The van der Waals surface area contributed by atoms with E-state index in [9.17, 15) is 9.90 Å². The molecule has 1 saturated heterocycles. The minimum atomic E-state index is -0.670. The molecule has 1 aliphatic rings. The number of furan rings is 1. The standard InChI is InChI=1S/C17H23N3O3/c21-15(16-6-4-10-23-16)11-14-5-2-1-3-8-20(14)17(22)12-19-9-7-18-13-19/h4,6-7,9-10,13-15,21H,1-3,5,8,11-12H2/t14-,15+/m0/s1. The maximum atomic E-state index is 12.7. The van der Waals surface area contributed by atoms with Crippen molar-refractivity contribution in [1.82, 2.24) is 14.5 Å². The van der Waals surface area contributed by atoms with E-state index in [1.165, 1.54) is 0 Å². The molecule has 0 aromatic carbocycles. The van der Waals surface area contributed by atoms with Gasteiger partial charge in [0.1, 0.15) is 18.4 Å². The molecule has 0 aliphatic carbocycles. The summed E-state index contributed by atoms with van der Waals surface area (Å²) < 4.78 is 7.07. The van der Waals surface area contributed by atoms with Gasteiger partial charge >= 0.3 is 0 Å². The minimum absolute atomic E-state index is 0.0496. The predicted octanol–water partition coefficient (Wildman–Crippen LogP) is 2.37. The molecule has 2 aromatic rings. The Morgan fingerprint density at radius 1 is 1.43 bits per heavy atom. The average Bonchev–Trinajstić information content (AvgIpc) is 3.19. The highest BCUT2D eigenvalue weighted by atomic mass is 16.4. The maximum Gasteiger partial charge on any atom is 0.242 e. The second-order valence-electron chi connectivity index (χ2n) is 6.09. The molecule has 0 unspecified atom stereocenters. The first-order chi connectivity index (χ1) is 11.2. The fourth-order valence-corrected chi connectivity index (χ4v) is 3.23. The van der Waals surface area contributed by atoms with E-state index in [1.54, 1.807) is 41.7 Å². The first-order valence-corrected chi connectivity index (χ1v) is 8.20. The van der Waals surface area contributed by atoms with Gasteiger partial charge in [0.25, 0.3) is 0 Å². The van der Waals surface area contributed by atoms with Crippen LogP contribution in [-0.2, 0) is 11.3 Å².